The molecule has 0 saturated carbocycles. The molecule has 1 fully saturated rings. The van der Waals surface area contributed by atoms with Crippen molar-refractivity contribution < 1.29 is 27.1 Å². The number of benzene rings is 2. The maximum Gasteiger partial charge on any atom is 0.283 e. The number of carbonyl (C=O) groups excluding carboxylic acids is 2. The van der Waals surface area contributed by atoms with Gasteiger partial charge in [-0.2, -0.15) is 0 Å². The summed E-state index contributed by atoms with van der Waals surface area (Å²) in [6, 6.07) is 15.7. The predicted molar refractivity (Wildman–Crippen MR) is 124 cm³/mol. The fourth-order valence-corrected chi connectivity index (χ4v) is 4.87. The van der Waals surface area contributed by atoms with Gasteiger partial charge in [0.1, 0.15) is 11.5 Å². The molecule has 0 bridgehead atoms. The quantitative estimate of drug-likeness (QED) is 0.532. The van der Waals surface area contributed by atoms with Crippen LogP contribution < -0.4 is 10.0 Å². The highest BCUT2D eigenvalue weighted by molar-refractivity contribution is 7.90. The summed E-state index contributed by atoms with van der Waals surface area (Å²) >= 11 is 0. The van der Waals surface area contributed by atoms with Crippen molar-refractivity contribution in [3.8, 4) is 0 Å². The average Bonchev–Trinajstić information content (AvgIpc) is 2.84. The normalized spacial score (nSPS) is 18.4. The Hall–Kier alpha value is -3.37. The molecule has 2 aromatic carbocycles. The van der Waals surface area contributed by atoms with Crippen LogP contribution in [0.2, 0.25) is 0 Å². The van der Waals surface area contributed by atoms with Gasteiger partial charge in [-0.3, -0.25) is 9.59 Å². The zero-order valence-corrected chi connectivity index (χ0v) is 19.1. The van der Waals surface area contributed by atoms with Gasteiger partial charge in [-0.05, 0) is 18.4 Å². The van der Waals surface area contributed by atoms with Gasteiger partial charge >= 0.3 is 0 Å². The smallest absolute Gasteiger partial charge is 0.283 e. The Labute approximate surface area is 196 Å². The van der Waals surface area contributed by atoms with Crippen LogP contribution in [0, 0.1) is 5.82 Å². The molecule has 0 radical (unpaired) electrons. The van der Waals surface area contributed by atoms with Crippen LogP contribution in [0.4, 0.5) is 4.39 Å². The fourth-order valence-electron chi connectivity index (χ4n) is 3.93. The highest BCUT2D eigenvalue weighted by atomic mass is 32.2. The lowest BCUT2D eigenvalue weighted by molar-refractivity contribution is -0.122. The van der Waals surface area contributed by atoms with Gasteiger partial charge < -0.3 is 10.1 Å². The molecular formula is C24H24FN3O5S. The van der Waals surface area contributed by atoms with Crippen LogP contribution in [0.15, 0.2) is 60.8 Å². The Morgan fingerprint density at radius 2 is 1.76 bits per heavy atom. The van der Waals surface area contributed by atoms with Crippen molar-refractivity contribution in [2.24, 2.45) is 0 Å². The zero-order chi connectivity index (χ0) is 24.1. The summed E-state index contributed by atoms with van der Waals surface area (Å²) in [4.78, 5) is 28.7. The lowest BCUT2D eigenvalue weighted by Gasteiger charge is -2.30. The van der Waals surface area contributed by atoms with E-state index < -0.39 is 33.4 Å². The molecule has 0 spiro atoms. The van der Waals surface area contributed by atoms with Crippen molar-refractivity contribution in [2.75, 3.05) is 12.4 Å². The molecule has 1 aromatic heterocycles. The van der Waals surface area contributed by atoms with Gasteiger partial charge in [0.2, 0.25) is 15.9 Å². The number of pyridine rings is 1. The number of hydrogen-bond donors (Lipinski definition) is 2. The summed E-state index contributed by atoms with van der Waals surface area (Å²) < 4.78 is 46.5. The van der Waals surface area contributed by atoms with Gasteiger partial charge in [-0.1, -0.05) is 54.6 Å². The van der Waals surface area contributed by atoms with Gasteiger partial charge in [-0.25, -0.2) is 22.5 Å². The van der Waals surface area contributed by atoms with Crippen molar-refractivity contribution in [2.45, 2.75) is 31.4 Å². The Morgan fingerprint density at radius 3 is 2.53 bits per heavy atom. The monoisotopic (exact) mass is 485 g/mol. The summed E-state index contributed by atoms with van der Waals surface area (Å²) in [5.41, 5.74) is 0.813. The topological polar surface area (TPSA) is 114 Å². The van der Waals surface area contributed by atoms with Gasteiger partial charge in [0.15, 0.2) is 0 Å². The first-order valence-electron chi connectivity index (χ1n) is 10.9. The number of hydrogen-bond acceptors (Lipinski definition) is 6. The molecule has 3 aromatic rings. The van der Waals surface area contributed by atoms with Crippen LogP contribution in [0.5, 0.6) is 0 Å². The minimum Gasteiger partial charge on any atom is -0.373 e. The number of rotatable bonds is 7. The van der Waals surface area contributed by atoms with E-state index in [9.17, 15) is 22.4 Å². The van der Waals surface area contributed by atoms with E-state index in [0.717, 1.165) is 11.8 Å². The van der Waals surface area contributed by atoms with E-state index in [1.54, 1.807) is 12.1 Å². The number of sulfonamides is 1. The molecule has 2 amide bonds. The number of ether oxygens (including phenoxy) is 1. The molecule has 1 saturated heterocycles. The predicted octanol–water partition coefficient (Wildman–Crippen LogP) is 2.86. The molecule has 34 heavy (non-hydrogen) atoms. The van der Waals surface area contributed by atoms with Gasteiger partial charge in [-0.15, -0.1) is 0 Å². The maximum atomic E-state index is 13.9. The number of amides is 2. The minimum absolute atomic E-state index is 0.138. The number of nitrogens with one attached hydrogen (secondary N) is 2. The Balaban J connectivity index is 1.32. The molecule has 0 aliphatic carbocycles. The Bertz CT molecular complexity index is 1300. The van der Waals surface area contributed by atoms with E-state index in [2.05, 4.69) is 10.3 Å². The Kier molecular flexibility index (Phi) is 7.18. The van der Waals surface area contributed by atoms with Crippen LogP contribution in [0.3, 0.4) is 0 Å². The van der Waals surface area contributed by atoms with Gasteiger partial charge in [0.25, 0.3) is 5.91 Å². The largest absolute Gasteiger partial charge is 0.373 e. The third-order valence-electron chi connectivity index (χ3n) is 5.63. The van der Waals surface area contributed by atoms with Crippen molar-refractivity contribution >= 4 is 32.6 Å². The average molecular weight is 486 g/mol. The van der Waals surface area contributed by atoms with Crippen LogP contribution in [-0.4, -0.2) is 43.6 Å². The third-order valence-corrected chi connectivity index (χ3v) is 6.87. The maximum absolute atomic E-state index is 13.9. The molecule has 2 atom stereocenters. The lowest BCUT2D eigenvalue weighted by atomic mass is 9.97. The van der Waals surface area contributed by atoms with Crippen LogP contribution in [0.1, 0.15) is 41.4 Å². The van der Waals surface area contributed by atoms with Crippen LogP contribution in [0.25, 0.3) is 10.8 Å². The van der Waals surface area contributed by atoms with Crippen molar-refractivity contribution in [1.82, 2.24) is 15.0 Å². The molecule has 1 aliphatic heterocycles. The molecule has 4 rings (SSSR count). The SMILES string of the molecule is O=C(CCS(=O)(=O)NC(=O)c1ncc(F)c2ccccc12)NC1CCOC(c2ccccc2)C1. The number of nitrogens with zero attached hydrogens (tertiary/aromatic N) is 1. The molecule has 1 aliphatic rings. The standard InChI is InChI=1S/C24H24FN3O5S/c25-20-15-26-23(19-9-5-4-8-18(19)20)24(30)28-34(31,32)13-11-22(29)27-17-10-12-33-21(14-17)16-6-2-1-3-7-16/h1-9,15,17,21H,10-14H2,(H,27,29)(H,28,30). The number of fused-ring (bicyclic) bond motifs is 1. The first kappa shape index (κ1) is 23.8. The third kappa shape index (κ3) is 5.75. The molecular weight excluding hydrogens is 461 g/mol. The molecule has 10 heteroatoms. The first-order valence-corrected chi connectivity index (χ1v) is 12.5. The van der Waals surface area contributed by atoms with E-state index in [1.165, 1.54) is 12.1 Å². The van der Waals surface area contributed by atoms with E-state index in [0.29, 0.717) is 19.4 Å². The number of halogens is 1. The second-order valence-corrected chi connectivity index (χ2v) is 9.90. The molecule has 2 heterocycles. The summed E-state index contributed by atoms with van der Waals surface area (Å²) in [7, 11) is -4.12. The first-order chi connectivity index (χ1) is 16.3. The fraction of sp³-hybridized carbons (Fsp3) is 0.292. The summed E-state index contributed by atoms with van der Waals surface area (Å²) in [5, 5.41) is 3.21. The van der Waals surface area contributed by atoms with Crippen molar-refractivity contribution in [3.63, 3.8) is 0 Å². The molecule has 178 valence electrons. The summed E-state index contributed by atoms with van der Waals surface area (Å²) in [6.07, 6.45) is 1.63. The molecule has 8 nitrogen and oxygen atoms in total. The second kappa shape index (κ2) is 10.3. The number of aromatic nitrogens is 1. The summed E-state index contributed by atoms with van der Waals surface area (Å²) in [5.74, 6) is -2.60. The van der Waals surface area contributed by atoms with E-state index in [1.807, 2.05) is 35.1 Å². The van der Waals surface area contributed by atoms with E-state index in [4.69, 9.17) is 4.74 Å². The van der Waals surface area contributed by atoms with Crippen molar-refractivity contribution in [3.05, 3.63) is 77.9 Å². The minimum atomic E-state index is -4.12. The Morgan fingerprint density at radius 1 is 1.06 bits per heavy atom. The highest BCUT2D eigenvalue weighted by Crippen LogP contribution is 2.28. The molecule has 2 unspecified atom stereocenters. The van der Waals surface area contributed by atoms with E-state index >= 15 is 0 Å². The molecule has 2 N–H and O–H groups in total. The van der Waals surface area contributed by atoms with Crippen molar-refractivity contribution in [1.29, 1.82) is 0 Å². The lowest BCUT2D eigenvalue weighted by Crippen LogP contribution is -2.41. The summed E-state index contributed by atoms with van der Waals surface area (Å²) in [6.45, 7) is 0.484. The van der Waals surface area contributed by atoms with Crippen LogP contribution >= 0.6 is 0 Å². The van der Waals surface area contributed by atoms with Gasteiger partial charge in [0.05, 0.1) is 18.1 Å². The van der Waals surface area contributed by atoms with E-state index in [-0.39, 0.29) is 35.0 Å². The van der Waals surface area contributed by atoms with Crippen LogP contribution in [-0.2, 0) is 19.6 Å². The second-order valence-electron chi connectivity index (χ2n) is 8.06. The van der Waals surface area contributed by atoms with Gasteiger partial charge in [0, 0.05) is 29.8 Å². The zero-order valence-electron chi connectivity index (χ0n) is 18.2. The highest BCUT2D eigenvalue weighted by Gasteiger charge is 2.26. The number of carbonyl (C=O) groups is 2.